The number of nitrogens with two attached hydrogens (primary N) is 1. The zero-order chi connectivity index (χ0) is 13.2. The molecule has 0 saturated carbocycles. The third-order valence-corrected chi connectivity index (χ3v) is 2.68. The molecule has 0 bridgehead atoms. The summed E-state index contributed by atoms with van der Waals surface area (Å²) in [6.45, 7) is 0.507. The van der Waals surface area contributed by atoms with Gasteiger partial charge in [0, 0.05) is 72.0 Å². The van der Waals surface area contributed by atoms with Crippen molar-refractivity contribution in [3.63, 3.8) is 0 Å². The van der Waals surface area contributed by atoms with E-state index in [0.717, 1.165) is 0 Å². The van der Waals surface area contributed by atoms with E-state index in [1.165, 1.54) is 12.7 Å². The average molecular weight is 451 g/mol. The summed E-state index contributed by atoms with van der Waals surface area (Å²) in [6.07, 6.45) is 2.25. The van der Waals surface area contributed by atoms with Gasteiger partial charge in [0.15, 0.2) is 11.5 Å². The monoisotopic (exact) mass is 451 g/mol. The van der Waals surface area contributed by atoms with E-state index in [9.17, 15) is 4.57 Å². The number of hydrogen-bond acceptors (Lipinski definition) is 6. The third kappa shape index (κ3) is 5.81. The average Bonchev–Trinajstić information content (AvgIpc) is 2.68. The zero-order valence-corrected chi connectivity index (χ0v) is 17.0. The Morgan fingerprint density at radius 2 is 2.00 bits per heavy atom. The molecule has 0 unspecified atom stereocenters. The summed E-state index contributed by atoms with van der Waals surface area (Å²) < 4.78 is 17.1. The van der Waals surface area contributed by atoms with Crippen molar-refractivity contribution in [2.75, 3.05) is 18.7 Å². The molecular weight excluding hydrogens is 439 g/mol. The maximum absolute atomic E-state index is 10.6. The fourth-order valence-corrected chi connectivity index (χ4v) is 1.78. The van der Waals surface area contributed by atoms with Gasteiger partial charge >= 0.3 is 7.60 Å². The number of ether oxygens (including phenoxy) is 1. The molecule has 9 nitrogen and oxygen atoms in total. The van der Waals surface area contributed by atoms with E-state index >= 15 is 0 Å². The Morgan fingerprint density at radius 3 is 2.65 bits per heavy atom. The summed E-state index contributed by atoms with van der Waals surface area (Å²) in [5.74, 6) is 0.287. The Balaban J connectivity index is 0.00000180. The van der Waals surface area contributed by atoms with E-state index in [1.54, 1.807) is 4.57 Å². The van der Waals surface area contributed by atoms with Crippen LogP contribution in [0.25, 0.3) is 11.2 Å². The smallest absolute Gasteiger partial charge is 0.350 e. The van der Waals surface area contributed by atoms with Gasteiger partial charge in [-0.15, -0.1) is 0 Å². The van der Waals surface area contributed by atoms with E-state index < -0.39 is 13.9 Å². The Hall–Kier alpha value is 0.668. The number of anilines is 1. The fourth-order valence-electron chi connectivity index (χ4n) is 1.41. The standard InChI is InChI=1S/C8H12N5O4P.2Y/c9-7-6-8(11-3-10-7)13(4-12-6)1-2-17-5-18(14,15)16;;/h3-4H,1-2,5H2,(H2,9,10,11)(H2,14,15,16);;. The van der Waals surface area contributed by atoms with Gasteiger partial charge in [-0.05, 0) is 0 Å². The Kier molecular flexibility index (Phi) is 9.25. The van der Waals surface area contributed by atoms with Crippen LogP contribution >= 0.6 is 7.60 Å². The summed E-state index contributed by atoms with van der Waals surface area (Å²) in [5.41, 5.74) is 6.67. The molecular formula is C8H12N5O4PY2. The van der Waals surface area contributed by atoms with Gasteiger partial charge in [0.2, 0.25) is 0 Å². The van der Waals surface area contributed by atoms with Crippen molar-refractivity contribution in [3.05, 3.63) is 12.7 Å². The minimum Gasteiger partial charge on any atom is -0.382 e. The van der Waals surface area contributed by atoms with Crippen molar-refractivity contribution in [2.45, 2.75) is 6.54 Å². The molecule has 0 aromatic carbocycles. The normalized spacial score (nSPS) is 10.9. The fraction of sp³-hybridized carbons (Fsp3) is 0.375. The molecule has 0 fully saturated rings. The summed E-state index contributed by atoms with van der Waals surface area (Å²) >= 11 is 0. The first-order valence-electron chi connectivity index (χ1n) is 5.01. The van der Waals surface area contributed by atoms with Crippen LogP contribution in [0.15, 0.2) is 12.7 Å². The van der Waals surface area contributed by atoms with Crippen LogP contribution in [0.1, 0.15) is 0 Å². The van der Waals surface area contributed by atoms with Crippen LogP contribution in [0.2, 0.25) is 0 Å². The first-order chi connectivity index (χ1) is 8.47. The summed E-state index contributed by atoms with van der Waals surface area (Å²) in [5, 5.41) is 0. The molecule has 12 heteroatoms. The molecule has 2 rings (SSSR count). The van der Waals surface area contributed by atoms with Crippen molar-refractivity contribution in [1.29, 1.82) is 0 Å². The first-order valence-corrected chi connectivity index (χ1v) is 6.81. The zero-order valence-electron chi connectivity index (χ0n) is 10.5. The number of hydrogen-bond donors (Lipinski definition) is 3. The predicted molar refractivity (Wildman–Crippen MR) is 62.6 cm³/mol. The maximum Gasteiger partial charge on any atom is 0.350 e. The molecule has 0 atom stereocenters. The molecule has 0 aliphatic heterocycles. The van der Waals surface area contributed by atoms with Crippen LogP contribution in [-0.4, -0.2) is 42.3 Å². The van der Waals surface area contributed by atoms with Crippen molar-refractivity contribution >= 4 is 24.6 Å². The van der Waals surface area contributed by atoms with Gasteiger partial charge in [0.25, 0.3) is 0 Å². The molecule has 0 spiro atoms. The SMILES string of the molecule is Nc1ncnc2c1ncn2CCOCP(=O)(O)O.[Y].[Y]. The second kappa shape index (κ2) is 8.95. The molecule has 104 valence electrons. The van der Waals surface area contributed by atoms with E-state index in [1.807, 2.05) is 0 Å². The van der Waals surface area contributed by atoms with Crippen LogP contribution < -0.4 is 5.73 Å². The maximum atomic E-state index is 10.6. The minimum atomic E-state index is -4.12. The Labute approximate surface area is 165 Å². The van der Waals surface area contributed by atoms with Crippen molar-refractivity contribution < 1.29 is 84.5 Å². The summed E-state index contributed by atoms with van der Waals surface area (Å²) in [4.78, 5) is 29.1. The van der Waals surface area contributed by atoms with Crippen LogP contribution in [0.3, 0.4) is 0 Å². The first kappa shape index (κ1) is 20.7. The second-order valence-electron chi connectivity index (χ2n) is 3.57. The van der Waals surface area contributed by atoms with E-state index in [4.69, 9.17) is 20.3 Å². The molecule has 0 aliphatic rings. The summed E-state index contributed by atoms with van der Waals surface area (Å²) in [7, 11) is -4.12. The van der Waals surface area contributed by atoms with Crippen LogP contribution in [0.5, 0.6) is 0 Å². The van der Waals surface area contributed by atoms with Gasteiger partial charge in [0.05, 0.1) is 12.9 Å². The van der Waals surface area contributed by atoms with Gasteiger partial charge in [-0.1, -0.05) is 0 Å². The van der Waals surface area contributed by atoms with Gasteiger partial charge < -0.3 is 24.8 Å². The van der Waals surface area contributed by atoms with Crippen molar-refractivity contribution in [2.24, 2.45) is 0 Å². The Bertz CT molecular complexity index is 604. The number of rotatable bonds is 5. The molecule has 2 aromatic rings. The molecule has 2 heterocycles. The predicted octanol–water partition coefficient (Wildman–Crippen LogP) is -0.445. The number of imidazole rings is 1. The second-order valence-corrected chi connectivity index (χ2v) is 5.16. The molecule has 4 N–H and O–H groups in total. The molecule has 0 saturated heterocycles. The van der Waals surface area contributed by atoms with Crippen molar-refractivity contribution in [3.8, 4) is 0 Å². The number of aromatic nitrogens is 4. The molecule has 20 heavy (non-hydrogen) atoms. The largest absolute Gasteiger partial charge is 0.382 e. The summed E-state index contributed by atoms with van der Waals surface area (Å²) in [6, 6.07) is 0. The van der Waals surface area contributed by atoms with Gasteiger partial charge in [0.1, 0.15) is 18.2 Å². The molecule has 2 aromatic heterocycles. The molecule has 0 aliphatic carbocycles. The van der Waals surface area contributed by atoms with Gasteiger partial charge in [-0.2, -0.15) is 0 Å². The van der Waals surface area contributed by atoms with E-state index in [0.29, 0.717) is 17.7 Å². The van der Waals surface area contributed by atoms with Crippen LogP contribution in [0, 0.1) is 0 Å². The van der Waals surface area contributed by atoms with Crippen molar-refractivity contribution in [1.82, 2.24) is 19.5 Å². The number of nitrogen functional groups attached to an aromatic ring is 1. The quantitative estimate of drug-likeness (QED) is 0.411. The number of nitrogens with zero attached hydrogens (tertiary/aromatic N) is 4. The number of fused-ring (bicyclic) bond motifs is 1. The van der Waals surface area contributed by atoms with Crippen LogP contribution in [-0.2, 0) is 81.3 Å². The van der Waals surface area contributed by atoms with Gasteiger partial charge in [-0.25, -0.2) is 15.0 Å². The third-order valence-electron chi connectivity index (χ3n) is 2.17. The molecule has 2 radical (unpaired) electrons. The van der Waals surface area contributed by atoms with E-state index in [-0.39, 0.29) is 77.8 Å². The minimum absolute atomic E-state index is 0. The Morgan fingerprint density at radius 1 is 1.30 bits per heavy atom. The van der Waals surface area contributed by atoms with E-state index in [2.05, 4.69) is 15.0 Å². The van der Waals surface area contributed by atoms with Gasteiger partial charge in [-0.3, -0.25) is 4.57 Å². The topological polar surface area (TPSA) is 136 Å². The van der Waals surface area contributed by atoms with Crippen LogP contribution in [0.4, 0.5) is 5.82 Å². The molecule has 0 amide bonds.